The number of carbonyl (C=O) groups excluding carboxylic acids is 2. The van der Waals surface area contributed by atoms with E-state index in [1.807, 2.05) is 45.0 Å². The van der Waals surface area contributed by atoms with Crippen LogP contribution < -0.4 is 15.4 Å². The summed E-state index contributed by atoms with van der Waals surface area (Å²) in [5.41, 5.74) is 4.85. The van der Waals surface area contributed by atoms with Crippen molar-refractivity contribution in [3.63, 3.8) is 0 Å². The van der Waals surface area contributed by atoms with Gasteiger partial charge in [-0.3, -0.25) is 9.59 Å². The van der Waals surface area contributed by atoms with E-state index >= 15 is 0 Å². The molecule has 5 nitrogen and oxygen atoms in total. The van der Waals surface area contributed by atoms with Crippen LogP contribution in [-0.2, 0) is 4.79 Å². The summed E-state index contributed by atoms with van der Waals surface area (Å²) in [6, 6.07) is 9.22. The van der Waals surface area contributed by atoms with Gasteiger partial charge >= 0.3 is 0 Å². The van der Waals surface area contributed by atoms with Gasteiger partial charge in [0.2, 0.25) is 0 Å². The molecule has 0 fully saturated rings. The van der Waals surface area contributed by atoms with E-state index in [1.54, 1.807) is 6.07 Å². The molecule has 2 amide bonds. The lowest BCUT2D eigenvalue weighted by Gasteiger charge is -2.21. The van der Waals surface area contributed by atoms with Crippen molar-refractivity contribution in [1.82, 2.24) is 0 Å². The zero-order chi connectivity index (χ0) is 16.6. The number of hydrogen-bond acceptors (Lipinski definition) is 3. The molecule has 3 rings (SSSR count). The molecule has 2 aromatic rings. The number of aryl methyl sites for hydroxylation is 3. The summed E-state index contributed by atoms with van der Waals surface area (Å²) in [7, 11) is 0. The molecule has 0 unspecified atom stereocenters. The summed E-state index contributed by atoms with van der Waals surface area (Å²) >= 11 is 0. The maximum Gasteiger partial charge on any atom is 0.262 e. The van der Waals surface area contributed by atoms with E-state index in [4.69, 9.17) is 4.74 Å². The van der Waals surface area contributed by atoms with E-state index in [0.717, 1.165) is 16.7 Å². The van der Waals surface area contributed by atoms with Crippen molar-refractivity contribution in [2.45, 2.75) is 20.8 Å². The normalized spacial score (nSPS) is 12.9. The zero-order valence-electron chi connectivity index (χ0n) is 13.3. The van der Waals surface area contributed by atoms with Crippen LogP contribution in [0.15, 0.2) is 30.3 Å². The van der Waals surface area contributed by atoms with E-state index in [2.05, 4.69) is 10.6 Å². The van der Waals surface area contributed by atoms with Crippen LogP contribution in [0.4, 0.5) is 11.4 Å². The Kier molecular flexibility index (Phi) is 3.78. The summed E-state index contributed by atoms with van der Waals surface area (Å²) < 4.78 is 5.47. The van der Waals surface area contributed by atoms with Crippen molar-refractivity contribution in [2.75, 3.05) is 17.2 Å². The Morgan fingerprint density at radius 2 is 1.91 bits per heavy atom. The van der Waals surface area contributed by atoms with Gasteiger partial charge in [-0.1, -0.05) is 6.07 Å². The Bertz CT molecular complexity index is 812. The fourth-order valence-electron chi connectivity index (χ4n) is 2.52. The molecule has 1 aliphatic heterocycles. The number of hydrogen-bond donors (Lipinski definition) is 2. The fraction of sp³-hybridized carbons (Fsp3) is 0.222. The molecular formula is C18H18N2O3. The van der Waals surface area contributed by atoms with Crippen LogP contribution in [0.1, 0.15) is 27.0 Å². The van der Waals surface area contributed by atoms with Gasteiger partial charge in [-0.15, -0.1) is 0 Å². The van der Waals surface area contributed by atoms with Crippen LogP contribution in [-0.4, -0.2) is 18.4 Å². The highest BCUT2D eigenvalue weighted by molar-refractivity contribution is 6.07. The van der Waals surface area contributed by atoms with Crippen molar-refractivity contribution in [1.29, 1.82) is 0 Å². The van der Waals surface area contributed by atoms with Crippen molar-refractivity contribution in [2.24, 2.45) is 0 Å². The van der Waals surface area contributed by atoms with Gasteiger partial charge in [0.25, 0.3) is 11.8 Å². The first kappa shape index (κ1) is 15.1. The lowest BCUT2D eigenvalue weighted by atomic mass is 10.1. The average Bonchev–Trinajstić information content (AvgIpc) is 2.49. The Morgan fingerprint density at radius 3 is 2.65 bits per heavy atom. The Morgan fingerprint density at radius 1 is 1.13 bits per heavy atom. The van der Waals surface area contributed by atoms with Crippen molar-refractivity contribution < 1.29 is 14.3 Å². The second-order valence-electron chi connectivity index (χ2n) is 5.78. The van der Waals surface area contributed by atoms with Gasteiger partial charge in [-0.2, -0.15) is 0 Å². The van der Waals surface area contributed by atoms with Gasteiger partial charge in [0.15, 0.2) is 12.4 Å². The molecule has 1 heterocycles. The molecule has 23 heavy (non-hydrogen) atoms. The first-order chi connectivity index (χ1) is 10.9. The lowest BCUT2D eigenvalue weighted by Crippen LogP contribution is -2.26. The monoisotopic (exact) mass is 310 g/mol. The number of fused-ring (bicyclic) bond motifs is 1. The fourth-order valence-corrected chi connectivity index (χ4v) is 2.52. The summed E-state index contributed by atoms with van der Waals surface area (Å²) in [6.45, 7) is 5.82. The van der Waals surface area contributed by atoms with E-state index in [1.165, 1.54) is 0 Å². The predicted octanol–water partition coefficient (Wildman–Crippen LogP) is 3.20. The van der Waals surface area contributed by atoms with Gasteiger partial charge < -0.3 is 15.4 Å². The second kappa shape index (κ2) is 5.76. The minimum absolute atomic E-state index is 0.0530. The number of anilines is 2. The van der Waals surface area contributed by atoms with Crippen molar-refractivity contribution in [3.05, 3.63) is 52.6 Å². The Hall–Kier alpha value is -2.82. The number of benzene rings is 2. The molecule has 0 atom stereocenters. The van der Waals surface area contributed by atoms with Crippen LogP contribution >= 0.6 is 0 Å². The second-order valence-corrected chi connectivity index (χ2v) is 5.78. The zero-order valence-corrected chi connectivity index (χ0v) is 13.3. The third-order valence-electron chi connectivity index (χ3n) is 3.87. The summed E-state index contributed by atoms with van der Waals surface area (Å²) in [4.78, 5) is 23.9. The standard InChI is InChI=1S/C18H18N2O3/c1-10-6-14-17(23-9-16(21)19-14)15(7-10)20-18(22)13-5-4-11(2)12(3)8-13/h4-8H,9H2,1-3H3,(H,19,21)(H,20,22). The minimum atomic E-state index is -0.207. The highest BCUT2D eigenvalue weighted by Gasteiger charge is 2.21. The maximum atomic E-state index is 12.5. The van der Waals surface area contributed by atoms with Crippen LogP contribution in [0.5, 0.6) is 5.75 Å². The Balaban J connectivity index is 1.92. The molecule has 2 N–H and O–H groups in total. The number of nitrogens with one attached hydrogen (secondary N) is 2. The molecular weight excluding hydrogens is 292 g/mol. The summed E-state index contributed by atoms with van der Waals surface area (Å²) in [5, 5.41) is 5.63. The molecule has 0 aliphatic carbocycles. The molecule has 0 aromatic heterocycles. The summed E-state index contributed by atoms with van der Waals surface area (Å²) in [5.74, 6) is 0.0864. The minimum Gasteiger partial charge on any atom is -0.479 e. The first-order valence-corrected chi connectivity index (χ1v) is 7.40. The quantitative estimate of drug-likeness (QED) is 0.895. The van der Waals surface area contributed by atoms with E-state index < -0.39 is 0 Å². The first-order valence-electron chi connectivity index (χ1n) is 7.40. The molecule has 0 saturated carbocycles. The third-order valence-corrected chi connectivity index (χ3v) is 3.87. The van der Waals surface area contributed by atoms with Gasteiger partial charge in [0.05, 0.1) is 11.4 Å². The SMILES string of the molecule is Cc1cc2c(c(NC(=O)c3ccc(C)c(C)c3)c1)OCC(=O)N2. The average molecular weight is 310 g/mol. The highest BCUT2D eigenvalue weighted by atomic mass is 16.5. The number of amides is 2. The third kappa shape index (κ3) is 3.04. The van der Waals surface area contributed by atoms with Crippen molar-refractivity contribution in [3.8, 4) is 5.75 Å². The number of carbonyl (C=O) groups is 2. The molecule has 0 saturated heterocycles. The van der Waals surface area contributed by atoms with Crippen LogP contribution in [0, 0.1) is 20.8 Å². The molecule has 0 spiro atoms. The highest BCUT2D eigenvalue weighted by Crippen LogP contribution is 2.37. The van der Waals surface area contributed by atoms with Crippen LogP contribution in [0.2, 0.25) is 0 Å². The van der Waals surface area contributed by atoms with E-state index in [9.17, 15) is 9.59 Å². The largest absolute Gasteiger partial charge is 0.479 e. The van der Waals surface area contributed by atoms with E-state index in [-0.39, 0.29) is 18.4 Å². The number of ether oxygens (including phenoxy) is 1. The lowest BCUT2D eigenvalue weighted by molar-refractivity contribution is -0.118. The molecule has 0 radical (unpaired) electrons. The van der Waals surface area contributed by atoms with Crippen molar-refractivity contribution >= 4 is 23.2 Å². The molecule has 1 aliphatic rings. The molecule has 0 bridgehead atoms. The van der Waals surface area contributed by atoms with Crippen LogP contribution in [0.3, 0.4) is 0 Å². The predicted molar refractivity (Wildman–Crippen MR) is 89.2 cm³/mol. The van der Waals surface area contributed by atoms with Gasteiger partial charge in [-0.05, 0) is 61.7 Å². The number of rotatable bonds is 2. The maximum absolute atomic E-state index is 12.5. The van der Waals surface area contributed by atoms with Gasteiger partial charge in [0.1, 0.15) is 0 Å². The smallest absolute Gasteiger partial charge is 0.262 e. The van der Waals surface area contributed by atoms with Crippen LogP contribution in [0.25, 0.3) is 0 Å². The van der Waals surface area contributed by atoms with Gasteiger partial charge in [0, 0.05) is 5.56 Å². The molecule has 2 aromatic carbocycles. The van der Waals surface area contributed by atoms with E-state index in [0.29, 0.717) is 22.7 Å². The Labute approximate surface area is 134 Å². The molecule has 5 heteroatoms. The molecule has 118 valence electrons. The topological polar surface area (TPSA) is 67.4 Å². The summed E-state index contributed by atoms with van der Waals surface area (Å²) in [6.07, 6.45) is 0. The van der Waals surface area contributed by atoms with Gasteiger partial charge in [-0.25, -0.2) is 0 Å².